The summed E-state index contributed by atoms with van der Waals surface area (Å²) in [6, 6.07) is 7.02. The highest BCUT2D eigenvalue weighted by Crippen LogP contribution is 2.50. The third-order valence-electron chi connectivity index (χ3n) is 5.51. The van der Waals surface area contributed by atoms with Crippen LogP contribution in [0.4, 0.5) is 0 Å². The molecule has 2 aromatic rings. The Kier molecular flexibility index (Phi) is 6.15. The van der Waals surface area contributed by atoms with Gasteiger partial charge in [0, 0.05) is 27.4 Å². The van der Waals surface area contributed by atoms with E-state index in [1.54, 1.807) is 52.0 Å². The van der Waals surface area contributed by atoms with Gasteiger partial charge in [0.2, 0.25) is 12.0 Å². The highest BCUT2D eigenvalue weighted by Gasteiger charge is 2.60. The van der Waals surface area contributed by atoms with E-state index >= 15 is 0 Å². The van der Waals surface area contributed by atoms with Crippen molar-refractivity contribution in [1.82, 2.24) is 4.98 Å². The number of para-hydroxylation sites is 1. The number of benzene rings is 1. The number of nitro groups is 1. The topological polar surface area (TPSA) is 129 Å². The van der Waals surface area contributed by atoms with Gasteiger partial charge >= 0.3 is 11.9 Å². The minimum absolute atomic E-state index is 0.204. The summed E-state index contributed by atoms with van der Waals surface area (Å²) in [4.78, 5) is 52.9. The SMILES string of the molecule is CC(C)OC(=O)C1(C(=O)OC(C)C)C[C@H](C=O)[C@H](C[N+](=O)[O-])c2c1[nH]c1ccccc21. The molecule has 0 fully saturated rings. The zero-order chi connectivity index (χ0) is 22.9. The standard InChI is InChI=1S/C22H26N2O7/c1-12(2)30-20(26)22(21(27)31-13(3)4)9-14(11-25)16(10-24(28)29)18-15-7-5-6-8-17(15)23-19(18)22/h5-8,11-14,16,23H,9-10H2,1-4H3/t14-,16+/m1/s1. The van der Waals surface area contributed by atoms with Crippen molar-refractivity contribution in [2.45, 2.75) is 57.7 Å². The highest BCUT2D eigenvalue weighted by molar-refractivity contribution is 6.08. The molecule has 166 valence electrons. The van der Waals surface area contributed by atoms with Gasteiger partial charge in [-0.15, -0.1) is 0 Å². The largest absolute Gasteiger partial charge is 0.462 e. The molecule has 0 bridgehead atoms. The summed E-state index contributed by atoms with van der Waals surface area (Å²) in [5.41, 5.74) is -0.708. The van der Waals surface area contributed by atoms with Gasteiger partial charge in [-0.05, 0) is 45.7 Å². The summed E-state index contributed by atoms with van der Waals surface area (Å²) in [6.07, 6.45) is -0.726. The van der Waals surface area contributed by atoms with Gasteiger partial charge in [-0.25, -0.2) is 0 Å². The first-order valence-corrected chi connectivity index (χ1v) is 10.2. The Balaban J connectivity index is 2.35. The number of hydrogen-bond donors (Lipinski definition) is 1. The Morgan fingerprint density at radius 2 is 1.77 bits per heavy atom. The van der Waals surface area contributed by atoms with E-state index in [0.717, 1.165) is 0 Å². The number of esters is 2. The van der Waals surface area contributed by atoms with Gasteiger partial charge < -0.3 is 19.3 Å². The molecule has 1 aromatic heterocycles. The summed E-state index contributed by atoms with van der Waals surface area (Å²) in [7, 11) is 0. The number of aromatic nitrogens is 1. The highest BCUT2D eigenvalue weighted by atomic mass is 16.6. The molecule has 0 aliphatic heterocycles. The molecule has 3 rings (SSSR count). The quantitative estimate of drug-likeness (QED) is 0.235. The van der Waals surface area contributed by atoms with Gasteiger partial charge in [0.15, 0.2) is 0 Å². The predicted molar refractivity (Wildman–Crippen MR) is 111 cm³/mol. The molecule has 1 aliphatic rings. The lowest BCUT2D eigenvalue weighted by molar-refractivity contribution is -0.484. The van der Waals surface area contributed by atoms with Crippen molar-refractivity contribution < 1.29 is 28.8 Å². The first kappa shape index (κ1) is 22.5. The van der Waals surface area contributed by atoms with E-state index in [-0.39, 0.29) is 12.1 Å². The molecule has 1 aliphatic carbocycles. The molecule has 0 saturated carbocycles. The van der Waals surface area contributed by atoms with E-state index in [9.17, 15) is 24.5 Å². The number of nitrogens with one attached hydrogen (secondary N) is 1. The molecule has 2 atom stereocenters. The molecule has 0 spiro atoms. The van der Waals surface area contributed by atoms with Crippen LogP contribution in [-0.2, 0) is 29.3 Å². The van der Waals surface area contributed by atoms with Crippen molar-refractivity contribution in [3.05, 3.63) is 45.6 Å². The average molecular weight is 430 g/mol. The number of fused-ring (bicyclic) bond motifs is 3. The average Bonchev–Trinajstić information content (AvgIpc) is 3.06. The Morgan fingerprint density at radius 1 is 1.19 bits per heavy atom. The first-order valence-electron chi connectivity index (χ1n) is 10.2. The second kappa shape index (κ2) is 8.49. The van der Waals surface area contributed by atoms with Crippen LogP contribution in [0.3, 0.4) is 0 Å². The normalized spacial score (nSPS) is 19.8. The fraction of sp³-hybridized carbons (Fsp3) is 0.500. The predicted octanol–water partition coefficient (Wildman–Crippen LogP) is 2.89. The fourth-order valence-corrected chi connectivity index (χ4v) is 4.31. The number of carbonyl (C=O) groups is 3. The van der Waals surface area contributed by atoms with Crippen LogP contribution in [0.2, 0.25) is 0 Å². The lowest BCUT2D eigenvalue weighted by atomic mass is 9.64. The zero-order valence-corrected chi connectivity index (χ0v) is 17.9. The molecular weight excluding hydrogens is 404 g/mol. The Morgan fingerprint density at radius 3 is 2.29 bits per heavy atom. The van der Waals surface area contributed by atoms with Crippen LogP contribution in [0, 0.1) is 16.0 Å². The number of aldehydes is 1. The van der Waals surface area contributed by atoms with E-state index in [1.165, 1.54) is 0 Å². The molecule has 9 heteroatoms. The molecule has 31 heavy (non-hydrogen) atoms. The lowest BCUT2D eigenvalue weighted by Crippen LogP contribution is -2.53. The number of H-pyrrole nitrogens is 1. The van der Waals surface area contributed by atoms with E-state index in [2.05, 4.69) is 4.98 Å². The van der Waals surface area contributed by atoms with Crippen LogP contribution in [0.5, 0.6) is 0 Å². The number of carbonyl (C=O) groups excluding carboxylic acids is 3. The van der Waals surface area contributed by atoms with Gasteiger partial charge in [-0.3, -0.25) is 19.7 Å². The maximum absolute atomic E-state index is 13.4. The minimum atomic E-state index is -1.93. The number of nitrogens with zero attached hydrogens (tertiary/aromatic N) is 1. The molecule has 0 unspecified atom stereocenters. The van der Waals surface area contributed by atoms with E-state index < -0.39 is 52.9 Å². The molecule has 1 aromatic carbocycles. The first-order chi connectivity index (χ1) is 14.6. The molecule has 0 saturated heterocycles. The third-order valence-corrected chi connectivity index (χ3v) is 5.51. The maximum Gasteiger partial charge on any atom is 0.329 e. The van der Waals surface area contributed by atoms with Crippen molar-refractivity contribution in [3.63, 3.8) is 0 Å². The summed E-state index contributed by atoms with van der Waals surface area (Å²) < 4.78 is 10.9. The maximum atomic E-state index is 13.4. The van der Waals surface area contributed by atoms with Crippen molar-refractivity contribution in [2.24, 2.45) is 5.92 Å². The smallest absolute Gasteiger partial charge is 0.329 e. The van der Waals surface area contributed by atoms with Crippen LogP contribution >= 0.6 is 0 Å². The Hall–Kier alpha value is -3.23. The lowest BCUT2D eigenvalue weighted by Gasteiger charge is -2.39. The Bertz CT molecular complexity index is 1000. The van der Waals surface area contributed by atoms with Gasteiger partial charge in [0.05, 0.1) is 18.1 Å². The monoisotopic (exact) mass is 430 g/mol. The van der Waals surface area contributed by atoms with Crippen LogP contribution < -0.4 is 0 Å². The van der Waals surface area contributed by atoms with Crippen molar-refractivity contribution >= 4 is 29.1 Å². The second-order valence-electron chi connectivity index (χ2n) is 8.40. The third kappa shape index (κ3) is 3.92. The summed E-state index contributed by atoms with van der Waals surface area (Å²) in [6.45, 7) is 6.11. The molecular formula is C22H26N2O7. The van der Waals surface area contributed by atoms with Gasteiger partial charge in [0.25, 0.3) is 0 Å². The summed E-state index contributed by atoms with van der Waals surface area (Å²) in [5, 5.41) is 12.0. The van der Waals surface area contributed by atoms with Crippen LogP contribution in [-0.4, -0.2) is 46.9 Å². The molecule has 0 radical (unpaired) electrons. The number of ether oxygens (including phenoxy) is 2. The van der Waals surface area contributed by atoms with Crippen LogP contribution in [0.15, 0.2) is 24.3 Å². The number of aromatic amines is 1. The fourth-order valence-electron chi connectivity index (χ4n) is 4.31. The Labute approximate surface area is 179 Å². The van der Waals surface area contributed by atoms with Crippen LogP contribution in [0.1, 0.15) is 51.3 Å². The van der Waals surface area contributed by atoms with Crippen molar-refractivity contribution in [1.29, 1.82) is 0 Å². The van der Waals surface area contributed by atoms with E-state index in [1.807, 2.05) is 0 Å². The minimum Gasteiger partial charge on any atom is -0.462 e. The second-order valence-corrected chi connectivity index (χ2v) is 8.40. The zero-order valence-electron chi connectivity index (χ0n) is 17.9. The molecule has 0 amide bonds. The summed E-state index contributed by atoms with van der Waals surface area (Å²) in [5.74, 6) is -3.43. The molecule has 1 heterocycles. The van der Waals surface area contributed by atoms with Gasteiger partial charge in [0.1, 0.15) is 6.29 Å². The number of hydrogen-bond acceptors (Lipinski definition) is 7. The van der Waals surface area contributed by atoms with Crippen LogP contribution in [0.25, 0.3) is 10.9 Å². The van der Waals surface area contributed by atoms with Gasteiger partial charge in [-0.1, -0.05) is 18.2 Å². The van der Waals surface area contributed by atoms with Gasteiger partial charge in [-0.2, -0.15) is 0 Å². The summed E-state index contributed by atoms with van der Waals surface area (Å²) >= 11 is 0. The van der Waals surface area contributed by atoms with Crippen molar-refractivity contribution in [2.75, 3.05) is 6.54 Å². The van der Waals surface area contributed by atoms with E-state index in [4.69, 9.17) is 9.47 Å². The van der Waals surface area contributed by atoms with E-state index in [0.29, 0.717) is 22.8 Å². The molecule has 9 nitrogen and oxygen atoms in total. The van der Waals surface area contributed by atoms with Crippen molar-refractivity contribution in [3.8, 4) is 0 Å². The molecule has 1 N–H and O–H groups in total. The number of rotatable bonds is 7.